The fourth-order valence-corrected chi connectivity index (χ4v) is 1.40. The first kappa shape index (κ1) is 8.40. The van der Waals surface area contributed by atoms with Crippen LogP contribution < -0.4 is 5.56 Å². The Morgan fingerprint density at radius 1 is 1.40 bits per heavy atom. The summed E-state index contributed by atoms with van der Waals surface area (Å²) in [6.07, 6.45) is 3.85. The molecule has 1 aliphatic rings. The van der Waals surface area contributed by atoms with E-state index in [-0.39, 0.29) is 5.56 Å². The lowest BCUT2D eigenvalue weighted by Crippen LogP contribution is -2.01. The maximum absolute atomic E-state index is 10.9. The van der Waals surface area contributed by atoms with Crippen molar-refractivity contribution >= 4 is 0 Å². The van der Waals surface area contributed by atoms with Gasteiger partial charge in [0.05, 0.1) is 0 Å². The van der Waals surface area contributed by atoms with Crippen LogP contribution in [-0.2, 0) is 0 Å². The van der Waals surface area contributed by atoms with E-state index in [4.69, 9.17) is 4.52 Å². The van der Waals surface area contributed by atoms with E-state index in [9.17, 15) is 4.79 Å². The molecular weight excluding hydrogens is 194 g/mol. The van der Waals surface area contributed by atoms with Crippen molar-refractivity contribution in [3.63, 3.8) is 0 Å². The molecule has 0 radical (unpaired) electrons. The van der Waals surface area contributed by atoms with Gasteiger partial charge in [-0.3, -0.25) is 4.79 Å². The van der Waals surface area contributed by atoms with E-state index in [1.807, 2.05) is 0 Å². The molecule has 1 fully saturated rings. The van der Waals surface area contributed by atoms with Gasteiger partial charge in [0.1, 0.15) is 0 Å². The Labute approximate surface area is 85.1 Å². The van der Waals surface area contributed by atoms with Gasteiger partial charge in [0.15, 0.2) is 0 Å². The van der Waals surface area contributed by atoms with Crippen LogP contribution in [0.5, 0.6) is 0 Å². The zero-order valence-corrected chi connectivity index (χ0v) is 7.93. The minimum atomic E-state index is -0.135. The van der Waals surface area contributed by atoms with Crippen LogP contribution in [-0.4, -0.2) is 15.1 Å². The van der Waals surface area contributed by atoms with E-state index < -0.39 is 0 Å². The summed E-state index contributed by atoms with van der Waals surface area (Å²) in [7, 11) is 0. The number of pyridine rings is 1. The Morgan fingerprint density at radius 3 is 2.93 bits per heavy atom. The fourth-order valence-electron chi connectivity index (χ4n) is 1.40. The molecule has 0 aromatic carbocycles. The van der Waals surface area contributed by atoms with Crippen LogP contribution in [0.1, 0.15) is 24.7 Å². The van der Waals surface area contributed by atoms with Crippen molar-refractivity contribution in [2.24, 2.45) is 0 Å². The molecule has 2 aromatic heterocycles. The van der Waals surface area contributed by atoms with E-state index >= 15 is 0 Å². The van der Waals surface area contributed by atoms with E-state index in [2.05, 4.69) is 15.1 Å². The average molecular weight is 203 g/mol. The van der Waals surface area contributed by atoms with E-state index in [0.29, 0.717) is 17.6 Å². The summed E-state index contributed by atoms with van der Waals surface area (Å²) in [6, 6.07) is 3.13. The molecule has 1 N–H and O–H groups in total. The van der Waals surface area contributed by atoms with Crippen LogP contribution in [0, 0.1) is 0 Å². The third-order valence-electron chi connectivity index (χ3n) is 2.41. The van der Waals surface area contributed by atoms with Gasteiger partial charge in [-0.1, -0.05) is 5.16 Å². The van der Waals surface area contributed by atoms with Gasteiger partial charge in [-0.2, -0.15) is 4.98 Å². The maximum atomic E-state index is 10.9. The first-order valence-corrected chi connectivity index (χ1v) is 4.85. The van der Waals surface area contributed by atoms with Crippen LogP contribution in [0.4, 0.5) is 0 Å². The Kier molecular flexibility index (Phi) is 1.71. The first-order valence-electron chi connectivity index (χ1n) is 4.85. The van der Waals surface area contributed by atoms with Gasteiger partial charge in [-0.15, -0.1) is 0 Å². The smallest absolute Gasteiger partial charge is 0.247 e. The number of aromatic amines is 1. The molecule has 0 saturated heterocycles. The predicted molar refractivity (Wildman–Crippen MR) is 52.3 cm³/mol. The Morgan fingerprint density at radius 2 is 2.27 bits per heavy atom. The molecule has 76 valence electrons. The molecule has 0 bridgehead atoms. The van der Waals surface area contributed by atoms with Gasteiger partial charge in [0, 0.05) is 23.7 Å². The minimum Gasteiger partial charge on any atom is -0.339 e. The van der Waals surface area contributed by atoms with Crippen molar-refractivity contribution in [3.05, 3.63) is 34.6 Å². The van der Waals surface area contributed by atoms with Gasteiger partial charge >= 0.3 is 0 Å². The summed E-state index contributed by atoms with van der Waals surface area (Å²) in [5.74, 6) is 1.69. The van der Waals surface area contributed by atoms with E-state index in [1.165, 1.54) is 6.07 Å². The standard InChI is InChI=1S/C10H9N3O2/c14-8-4-3-7(5-11-8)9-12-10(15-13-9)6-1-2-6/h3-6H,1-2H2,(H,11,14). The van der Waals surface area contributed by atoms with Gasteiger partial charge in [-0.05, 0) is 18.9 Å². The number of rotatable bonds is 2. The van der Waals surface area contributed by atoms with Crippen molar-refractivity contribution < 1.29 is 4.52 Å². The monoisotopic (exact) mass is 203 g/mol. The molecule has 1 saturated carbocycles. The highest BCUT2D eigenvalue weighted by molar-refractivity contribution is 5.51. The Balaban J connectivity index is 1.97. The van der Waals surface area contributed by atoms with E-state index in [0.717, 1.165) is 18.4 Å². The van der Waals surface area contributed by atoms with Gasteiger partial charge in [0.2, 0.25) is 17.3 Å². The Hall–Kier alpha value is -1.91. The second-order valence-corrected chi connectivity index (χ2v) is 3.67. The molecule has 2 aromatic rings. The van der Waals surface area contributed by atoms with Crippen molar-refractivity contribution in [2.45, 2.75) is 18.8 Å². The van der Waals surface area contributed by atoms with Crippen molar-refractivity contribution in [1.29, 1.82) is 0 Å². The molecule has 0 unspecified atom stereocenters. The lowest BCUT2D eigenvalue weighted by atomic mass is 10.3. The highest BCUT2D eigenvalue weighted by Gasteiger charge is 2.29. The summed E-state index contributed by atoms with van der Waals surface area (Å²) in [5.41, 5.74) is 0.634. The molecule has 0 aliphatic heterocycles. The molecular formula is C10H9N3O2. The molecule has 5 nitrogen and oxygen atoms in total. The third kappa shape index (κ3) is 1.56. The molecule has 1 aliphatic carbocycles. The van der Waals surface area contributed by atoms with Crippen molar-refractivity contribution in [1.82, 2.24) is 15.1 Å². The zero-order chi connectivity index (χ0) is 10.3. The summed E-state index contributed by atoms with van der Waals surface area (Å²) in [6.45, 7) is 0. The quantitative estimate of drug-likeness (QED) is 0.798. The van der Waals surface area contributed by atoms with Gasteiger partial charge < -0.3 is 9.51 Å². The van der Waals surface area contributed by atoms with Crippen molar-refractivity contribution in [3.8, 4) is 11.4 Å². The SMILES string of the molecule is O=c1ccc(-c2noc(C3CC3)n2)c[nH]1. The number of aromatic nitrogens is 3. The third-order valence-corrected chi connectivity index (χ3v) is 2.41. The summed E-state index contributed by atoms with van der Waals surface area (Å²) in [5, 5.41) is 3.87. The topological polar surface area (TPSA) is 71.8 Å². The summed E-state index contributed by atoms with van der Waals surface area (Å²) in [4.78, 5) is 17.7. The van der Waals surface area contributed by atoms with Crippen LogP contribution in [0.3, 0.4) is 0 Å². The maximum Gasteiger partial charge on any atom is 0.247 e. The molecule has 3 rings (SSSR count). The number of nitrogens with one attached hydrogen (secondary N) is 1. The highest BCUT2D eigenvalue weighted by atomic mass is 16.5. The van der Waals surface area contributed by atoms with Crippen molar-refractivity contribution in [2.75, 3.05) is 0 Å². The average Bonchev–Trinajstić information content (AvgIpc) is 2.99. The van der Waals surface area contributed by atoms with Crippen LogP contribution in [0.15, 0.2) is 27.6 Å². The van der Waals surface area contributed by atoms with Crippen LogP contribution in [0.2, 0.25) is 0 Å². The summed E-state index contributed by atoms with van der Waals surface area (Å²) < 4.78 is 5.12. The summed E-state index contributed by atoms with van der Waals surface area (Å²) >= 11 is 0. The molecule has 0 amide bonds. The number of hydrogen-bond donors (Lipinski definition) is 1. The number of H-pyrrole nitrogens is 1. The minimum absolute atomic E-state index is 0.135. The zero-order valence-electron chi connectivity index (χ0n) is 7.93. The highest BCUT2D eigenvalue weighted by Crippen LogP contribution is 2.39. The second-order valence-electron chi connectivity index (χ2n) is 3.67. The lowest BCUT2D eigenvalue weighted by Gasteiger charge is -1.90. The Bertz CT molecular complexity index is 519. The molecule has 5 heteroatoms. The van der Waals surface area contributed by atoms with Crippen LogP contribution in [0.25, 0.3) is 11.4 Å². The van der Waals surface area contributed by atoms with Gasteiger partial charge in [0.25, 0.3) is 0 Å². The fraction of sp³-hybridized carbons (Fsp3) is 0.300. The molecule has 0 spiro atoms. The largest absolute Gasteiger partial charge is 0.339 e. The van der Waals surface area contributed by atoms with Gasteiger partial charge in [-0.25, -0.2) is 0 Å². The molecule has 0 atom stereocenters. The second kappa shape index (κ2) is 3.05. The van der Waals surface area contributed by atoms with E-state index in [1.54, 1.807) is 12.3 Å². The molecule has 2 heterocycles. The first-order chi connectivity index (χ1) is 7.33. The lowest BCUT2D eigenvalue weighted by molar-refractivity contribution is 0.380. The number of hydrogen-bond acceptors (Lipinski definition) is 4. The molecule has 15 heavy (non-hydrogen) atoms. The predicted octanol–water partition coefficient (Wildman–Crippen LogP) is 1.30. The number of nitrogens with zero attached hydrogens (tertiary/aromatic N) is 2. The van der Waals surface area contributed by atoms with Crippen LogP contribution >= 0.6 is 0 Å². The normalized spacial score (nSPS) is 15.5.